The molecule has 1 aliphatic rings. The largest absolute Gasteiger partial charge is 0.508 e. The number of aromatic hydroxyl groups is 4. The molecule has 0 saturated heterocycles. The van der Waals surface area contributed by atoms with Crippen molar-refractivity contribution in [3.63, 3.8) is 0 Å². The van der Waals surface area contributed by atoms with E-state index in [2.05, 4.69) is 71.0 Å². The Kier molecular flexibility index (Phi) is 8.64. The van der Waals surface area contributed by atoms with Gasteiger partial charge in [0.2, 0.25) is 0 Å². The smallest absolute Gasteiger partial charge is 0.118 e. The fourth-order valence-corrected chi connectivity index (χ4v) is 6.99. The molecule has 1 atom stereocenters. The Balaban J connectivity index is 1.87. The number of allylic oxidation sites excluding steroid dienone is 4. The average Bonchev–Trinajstić information content (AvgIpc) is 2.96. The molecule has 1 aliphatic carbocycles. The Morgan fingerprint density at radius 1 is 0.444 bits per heavy atom. The van der Waals surface area contributed by atoms with Gasteiger partial charge in [0.25, 0.3) is 0 Å². The first-order chi connectivity index (χ1) is 21.2. The summed E-state index contributed by atoms with van der Waals surface area (Å²) >= 11 is 0. The van der Waals surface area contributed by atoms with Crippen molar-refractivity contribution >= 4 is 0 Å². The molecule has 0 aromatic heterocycles. The second kappa shape index (κ2) is 12.2. The zero-order chi connectivity index (χ0) is 32.9. The first kappa shape index (κ1) is 32.0. The van der Waals surface area contributed by atoms with Gasteiger partial charge in [-0.2, -0.15) is 0 Å². The van der Waals surface area contributed by atoms with E-state index in [1.165, 1.54) is 11.1 Å². The molecular weight excluding hydrogens is 556 g/mol. The molecule has 1 unspecified atom stereocenters. The number of benzene rings is 4. The fraction of sp³-hybridized carbons (Fsp3) is 0.317. The van der Waals surface area contributed by atoms with Crippen LogP contribution in [0.2, 0.25) is 0 Å². The van der Waals surface area contributed by atoms with Gasteiger partial charge in [-0.25, -0.2) is 0 Å². The summed E-state index contributed by atoms with van der Waals surface area (Å²) in [4.78, 5) is 0. The molecule has 0 spiro atoms. The Morgan fingerprint density at radius 3 is 1.04 bits per heavy atom. The maximum atomic E-state index is 10.7. The maximum absolute atomic E-state index is 10.7. The molecule has 0 bridgehead atoms. The number of hydrogen-bond donors (Lipinski definition) is 4. The number of phenols is 4. The highest BCUT2D eigenvalue weighted by Gasteiger charge is 2.34. The van der Waals surface area contributed by atoms with E-state index in [9.17, 15) is 20.4 Å². The molecule has 4 nitrogen and oxygen atoms in total. The van der Waals surface area contributed by atoms with Gasteiger partial charge < -0.3 is 20.4 Å². The summed E-state index contributed by atoms with van der Waals surface area (Å²) in [5, 5.41) is 42.6. The van der Waals surface area contributed by atoms with Gasteiger partial charge in [-0.05, 0) is 170 Å². The summed E-state index contributed by atoms with van der Waals surface area (Å²) in [5.41, 5.74) is 14.1. The Labute approximate surface area is 268 Å². The molecule has 45 heavy (non-hydrogen) atoms. The minimum atomic E-state index is -0.169. The number of phenolic OH excluding ortho intramolecular Hbond substituents is 4. The van der Waals surface area contributed by atoms with Crippen molar-refractivity contribution in [2.45, 2.75) is 80.6 Å². The lowest BCUT2D eigenvalue weighted by molar-refractivity contribution is 0.469. The van der Waals surface area contributed by atoms with Gasteiger partial charge in [0.1, 0.15) is 23.0 Å². The van der Waals surface area contributed by atoms with Crippen LogP contribution in [0, 0.1) is 61.3 Å². The molecule has 5 rings (SSSR count). The molecule has 0 amide bonds. The summed E-state index contributed by atoms with van der Waals surface area (Å²) in [6, 6.07) is 15.8. The van der Waals surface area contributed by atoms with Gasteiger partial charge in [-0.1, -0.05) is 43.3 Å². The van der Waals surface area contributed by atoms with E-state index in [-0.39, 0.29) is 34.8 Å². The molecular formula is C41H46O4. The molecule has 4 aromatic rings. The van der Waals surface area contributed by atoms with Crippen molar-refractivity contribution in [1.29, 1.82) is 0 Å². The van der Waals surface area contributed by atoms with E-state index in [0.717, 1.165) is 73.2 Å². The molecule has 0 heterocycles. The summed E-state index contributed by atoms with van der Waals surface area (Å²) < 4.78 is 0. The van der Waals surface area contributed by atoms with Crippen molar-refractivity contribution in [3.05, 3.63) is 139 Å². The van der Waals surface area contributed by atoms with Gasteiger partial charge >= 0.3 is 0 Å². The highest BCUT2D eigenvalue weighted by molar-refractivity contribution is 5.63. The van der Waals surface area contributed by atoms with E-state index in [0.29, 0.717) is 5.92 Å². The zero-order valence-electron chi connectivity index (χ0n) is 28.0. The molecule has 0 aliphatic heterocycles. The molecule has 4 aromatic carbocycles. The van der Waals surface area contributed by atoms with E-state index in [4.69, 9.17) is 0 Å². The van der Waals surface area contributed by atoms with Crippen LogP contribution < -0.4 is 0 Å². The monoisotopic (exact) mass is 602 g/mol. The van der Waals surface area contributed by atoms with Crippen LogP contribution in [-0.4, -0.2) is 20.4 Å². The highest BCUT2D eigenvalue weighted by Crippen LogP contribution is 2.50. The van der Waals surface area contributed by atoms with Gasteiger partial charge in [0, 0.05) is 11.8 Å². The summed E-state index contributed by atoms with van der Waals surface area (Å²) in [7, 11) is 0. The number of aryl methyl sites for hydroxylation is 8. The molecule has 4 heteroatoms. The fourth-order valence-electron chi connectivity index (χ4n) is 6.99. The molecule has 0 saturated carbocycles. The molecule has 0 fully saturated rings. The van der Waals surface area contributed by atoms with Crippen molar-refractivity contribution in [3.8, 4) is 23.0 Å². The second-order valence-electron chi connectivity index (χ2n) is 13.3. The predicted octanol–water partition coefficient (Wildman–Crippen LogP) is 9.83. The van der Waals surface area contributed by atoms with Gasteiger partial charge in [0.05, 0.1) is 0 Å². The second-order valence-corrected chi connectivity index (χ2v) is 13.3. The van der Waals surface area contributed by atoms with Crippen LogP contribution in [0.3, 0.4) is 0 Å². The van der Waals surface area contributed by atoms with Crippen molar-refractivity contribution < 1.29 is 20.4 Å². The standard InChI is InChI=1S/C41H46O4/c1-21-10-11-30(40(31-13-26(6)36(42)17-22(31)2)32-14-27(7)37(43)18-23(32)3)35(12-21)41(33-15-28(8)38(44)19-24(33)4)34-16-29(9)39(45)20-25(34)5/h11-21,40-45H,10H2,1-9H3. The van der Waals surface area contributed by atoms with E-state index in [1.54, 1.807) is 0 Å². The molecule has 234 valence electrons. The SMILES string of the molecule is Cc1cc(C(C2=CCC(C)C=C2C(c2cc(C)c(O)cc2C)c2cc(C)c(O)cc2C)c2cc(C)c(O)cc2C)c(C)cc1O. The van der Waals surface area contributed by atoms with Crippen LogP contribution in [0.5, 0.6) is 23.0 Å². The first-order valence-corrected chi connectivity index (χ1v) is 15.8. The van der Waals surface area contributed by atoms with Gasteiger partial charge in [0.15, 0.2) is 0 Å². The maximum Gasteiger partial charge on any atom is 0.118 e. The van der Waals surface area contributed by atoms with Crippen molar-refractivity contribution in [2.75, 3.05) is 0 Å². The summed E-state index contributed by atoms with van der Waals surface area (Å²) in [6.45, 7) is 18.2. The van der Waals surface area contributed by atoms with Crippen LogP contribution in [-0.2, 0) is 0 Å². The zero-order valence-corrected chi connectivity index (χ0v) is 28.0. The van der Waals surface area contributed by atoms with Gasteiger partial charge in [-0.15, -0.1) is 0 Å². The average molecular weight is 603 g/mol. The Bertz CT molecular complexity index is 1760. The Hall–Kier alpha value is -4.44. The quantitative estimate of drug-likeness (QED) is 0.177. The van der Waals surface area contributed by atoms with E-state index < -0.39 is 0 Å². The predicted molar refractivity (Wildman–Crippen MR) is 184 cm³/mol. The minimum Gasteiger partial charge on any atom is -0.508 e. The summed E-state index contributed by atoms with van der Waals surface area (Å²) in [6.07, 6.45) is 5.67. The van der Waals surface area contributed by atoms with E-state index >= 15 is 0 Å². The van der Waals surface area contributed by atoms with E-state index in [1.807, 2.05) is 52.0 Å². The lowest BCUT2D eigenvalue weighted by Crippen LogP contribution is -2.20. The van der Waals surface area contributed by atoms with Crippen LogP contribution in [0.25, 0.3) is 0 Å². The van der Waals surface area contributed by atoms with Crippen molar-refractivity contribution in [2.24, 2.45) is 5.92 Å². The number of hydrogen-bond acceptors (Lipinski definition) is 4. The van der Waals surface area contributed by atoms with Gasteiger partial charge in [-0.3, -0.25) is 0 Å². The van der Waals surface area contributed by atoms with Crippen LogP contribution in [0.15, 0.2) is 71.8 Å². The normalized spacial score (nSPS) is 15.0. The highest BCUT2D eigenvalue weighted by atomic mass is 16.3. The molecule has 4 N–H and O–H groups in total. The third-order valence-electron chi connectivity index (χ3n) is 9.71. The molecule has 0 radical (unpaired) electrons. The first-order valence-electron chi connectivity index (χ1n) is 15.8. The minimum absolute atomic E-state index is 0.165. The lowest BCUT2D eigenvalue weighted by Gasteiger charge is -2.35. The number of rotatable bonds is 6. The third-order valence-corrected chi connectivity index (χ3v) is 9.71. The third kappa shape index (κ3) is 5.99. The van der Waals surface area contributed by atoms with Crippen LogP contribution >= 0.6 is 0 Å². The van der Waals surface area contributed by atoms with Crippen LogP contribution in [0.1, 0.15) is 91.9 Å². The lowest BCUT2D eigenvalue weighted by atomic mass is 9.68. The summed E-state index contributed by atoms with van der Waals surface area (Å²) in [5.74, 6) is 1.07. The van der Waals surface area contributed by atoms with Crippen LogP contribution in [0.4, 0.5) is 0 Å². The van der Waals surface area contributed by atoms with Crippen molar-refractivity contribution in [1.82, 2.24) is 0 Å². The topological polar surface area (TPSA) is 80.9 Å². The Morgan fingerprint density at radius 2 is 0.733 bits per heavy atom.